The van der Waals surface area contributed by atoms with Crippen LogP contribution in [0.15, 0.2) is 12.2 Å². The van der Waals surface area contributed by atoms with Crippen LogP contribution in [0.5, 0.6) is 0 Å². The van der Waals surface area contributed by atoms with E-state index in [9.17, 15) is 4.79 Å². The maximum atomic E-state index is 11.3. The van der Waals surface area contributed by atoms with Gasteiger partial charge >= 0.3 is 5.97 Å². The summed E-state index contributed by atoms with van der Waals surface area (Å²) in [7, 11) is 0. The molecule has 0 aromatic rings. The number of ether oxygens (including phenoxy) is 1. The summed E-state index contributed by atoms with van der Waals surface area (Å²) in [5, 5.41) is 0. The average molecular weight is 252 g/mol. The van der Waals surface area contributed by atoms with E-state index in [4.69, 9.17) is 4.74 Å². The Morgan fingerprint density at radius 1 is 1.33 bits per heavy atom. The molecule has 0 N–H and O–H groups in total. The van der Waals surface area contributed by atoms with Gasteiger partial charge in [-0.05, 0) is 38.5 Å². The van der Waals surface area contributed by atoms with Gasteiger partial charge in [0.2, 0.25) is 0 Å². The second-order valence-corrected chi connectivity index (χ2v) is 6.28. The van der Waals surface area contributed by atoms with Crippen LogP contribution >= 0.6 is 0 Å². The van der Waals surface area contributed by atoms with E-state index in [1.165, 1.54) is 13.3 Å². The van der Waals surface area contributed by atoms with Crippen molar-refractivity contribution >= 4 is 5.97 Å². The van der Waals surface area contributed by atoms with Gasteiger partial charge < -0.3 is 4.74 Å². The molecule has 104 valence electrons. The van der Waals surface area contributed by atoms with Crippen LogP contribution in [0.3, 0.4) is 0 Å². The first kappa shape index (κ1) is 15.3. The summed E-state index contributed by atoms with van der Waals surface area (Å²) < 4.78 is 5.61. The lowest BCUT2D eigenvalue weighted by atomic mass is 9.72. The normalized spacial score (nSPS) is 30.8. The van der Waals surface area contributed by atoms with E-state index in [1.54, 1.807) is 0 Å². The summed E-state index contributed by atoms with van der Waals surface area (Å²) in [5.74, 6) is 0.447. The molecule has 0 aromatic carbocycles. The van der Waals surface area contributed by atoms with Gasteiger partial charge in [-0.15, -0.1) is 0 Å². The van der Waals surface area contributed by atoms with Gasteiger partial charge in [0, 0.05) is 12.3 Å². The Morgan fingerprint density at radius 3 is 2.56 bits per heavy atom. The first-order valence-electron chi connectivity index (χ1n) is 7.18. The van der Waals surface area contributed by atoms with Gasteiger partial charge in [0.25, 0.3) is 0 Å². The zero-order chi connectivity index (χ0) is 13.8. The van der Waals surface area contributed by atoms with Crippen molar-refractivity contribution in [3.05, 3.63) is 12.2 Å². The molecule has 0 aliphatic heterocycles. The number of carbonyl (C=O) groups is 1. The second kappa shape index (κ2) is 5.90. The number of carbonyl (C=O) groups excluding carboxylic acids is 1. The highest BCUT2D eigenvalue weighted by atomic mass is 16.6. The van der Waals surface area contributed by atoms with Crippen LogP contribution < -0.4 is 0 Å². The Labute approximate surface area is 112 Å². The molecule has 2 unspecified atom stereocenters. The molecule has 0 aromatic heterocycles. The lowest BCUT2D eigenvalue weighted by Gasteiger charge is -2.40. The molecule has 1 saturated carbocycles. The minimum absolute atomic E-state index is 0.0508. The Balaban J connectivity index is 2.66. The van der Waals surface area contributed by atoms with Gasteiger partial charge in [-0.1, -0.05) is 39.3 Å². The van der Waals surface area contributed by atoms with Gasteiger partial charge in [0.1, 0.15) is 5.60 Å². The third kappa shape index (κ3) is 3.15. The first-order chi connectivity index (χ1) is 8.33. The Morgan fingerprint density at radius 2 is 2.00 bits per heavy atom. The van der Waals surface area contributed by atoms with Gasteiger partial charge in [-0.25, -0.2) is 0 Å². The van der Waals surface area contributed by atoms with Crippen molar-refractivity contribution in [2.45, 2.75) is 72.3 Å². The van der Waals surface area contributed by atoms with E-state index in [-0.39, 0.29) is 17.0 Å². The van der Waals surface area contributed by atoms with E-state index in [2.05, 4.69) is 39.8 Å². The summed E-state index contributed by atoms with van der Waals surface area (Å²) in [4.78, 5) is 11.3. The van der Waals surface area contributed by atoms with Crippen LogP contribution in [-0.4, -0.2) is 11.6 Å². The van der Waals surface area contributed by atoms with Crippen molar-refractivity contribution in [1.82, 2.24) is 0 Å². The van der Waals surface area contributed by atoms with Crippen molar-refractivity contribution in [3.63, 3.8) is 0 Å². The minimum Gasteiger partial charge on any atom is -0.459 e. The van der Waals surface area contributed by atoms with Crippen LogP contribution in [0.1, 0.15) is 66.7 Å². The molecule has 1 fully saturated rings. The highest BCUT2D eigenvalue weighted by molar-refractivity contribution is 5.66. The second-order valence-electron chi connectivity index (χ2n) is 6.28. The van der Waals surface area contributed by atoms with E-state index < -0.39 is 0 Å². The van der Waals surface area contributed by atoms with Crippen LogP contribution in [0, 0.1) is 11.3 Å². The summed E-state index contributed by atoms with van der Waals surface area (Å²) in [6, 6.07) is 0. The number of hydrogen-bond donors (Lipinski definition) is 0. The number of hydrogen-bond acceptors (Lipinski definition) is 2. The van der Waals surface area contributed by atoms with E-state index in [0.29, 0.717) is 5.92 Å². The Hall–Kier alpha value is -0.790. The average Bonchev–Trinajstić information content (AvgIpc) is 2.46. The Bertz CT molecular complexity index is 317. The summed E-state index contributed by atoms with van der Waals surface area (Å²) >= 11 is 0. The molecule has 0 bridgehead atoms. The Kier molecular flexibility index (Phi) is 5.01. The molecule has 0 amide bonds. The van der Waals surface area contributed by atoms with Crippen LogP contribution in [0.2, 0.25) is 0 Å². The molecule has 0 radical (unpaired) electrons. The van der Waals surface area contributed by atoms with E-state index in [1.807, 2.05) is 0 Å². The lowest BCUT2D eigenvalue weighted by molar-refractivity contribution is -0.166. The predicted octanol–water partition coefficient (Wildman–Crippen LogP) is 4.49. The molecular weight excluding hydrogens is 224 g/mol. The van der Waals surface area contributed by atoms with E-state index >= 15 is 0 Å². The maximum Gasteiger partial charge on any atom is 0.303 e. The van der Waals surface area contributed by atoms with Crippen molar-refractivity contribution in [1.29, 1.82) is 0 Å². The molecule has 2 atom stereocenters. The summed E-state index contributed by atoms with van der Waals surface area (Å²) in [6.07, 6.45) is 10.2. The van der Waals surface area contributed by atoms with Crippen molar-refractivity contribution < 1.29 is 9.53 Å². The van der Waals surface area contributed by atoms with Gasteiger partial charge in [-0.3, -0.25) is 4.79 Å². The zero-order valence-corrected chi connectivity index (χ0v) is 12.6. The number of unbranched alkanes of at least 4 members (excludes halogenated alkanes) is 1. The first-order valence-corrected chi connectivity index (χ1v) is 7.18. The third-order valence-electron chi connectivity index (χ3n) is 4.77. The van der Waals surface area contributed by atoms with Crippen LogP contribution in [-0.2, 0) is 9.53 Å². The fourth-order valence-corrected chi connectivity index (χ4v) is 3.02. The summed E-state index contributed by atoms with van der Waals surface area (Å²) in [6.45, 7) is 10.3. The quantitative estimate of drug-likeness (QED) is 0.532. The fraction of sp³-hybridized carbons (Fsp3) is 0.812. The molecule has 1 rings (SSSR count). The van der Waals surface area contributed by atoms with Crippen LogP contribution in [0.25, 0.3) is 0 Å². The number of allylic oxidation sites excluding steroid dienone is 2. The minimum atomic E-state index is -0.303. The molecule has 2 nitrogen and oxygen atoms in total. The van der Waals surface area contributed by atoms with E-state index in [0.717, 1.165) is 25.7 Å². The van der Waals surface area contributed by atoms with Crippen molar-refractivity contribution in [2.24, 2.45) is 11.3 Å². The van der Waals surface area contributed by atoms with Crippen molar-refractivity contribution in [3.8, 4) is 0 Å². The highest BCUT2D eigenvalue weighted by Crippen LogP contribution is 2.53. The van der Waals surface area contributed by atoms with Crippen LogP contribution in [0.4, 0.5) is 0 Å². The molecular formula is C16H28O2. The SMILES string of the molecule is CCCC=CCC1CCC(C)(OC(C)=O)C1(C)C. The topological polar surface area (TPSA) is 26.3 Å². The highest BCUT2D eigenvalue weighted by Gasteiger charge is 2.53. The standard InChI is InChI=1S/C16H28O2/c1-6-7-8-9-10-14-11-12-16(5,15(14,3)4)18-13(2)17/h8-9,14H,6-7,10-12H2,1-5H3. The molecule has 0 spiro atoms. The van der Waals surface area contributed by atoms with Gasteiger partial charge in [-0.2, -0.15) is 0 Å². The third-order valence-corrected chi connectivity index (χ3v) is 4.77. The zero-order valence-electron chi connectivity index (χ0n) is 12.6. The van der Waals surface area contributed by atoms with Crippen molar-refractivity contribution in [2.75, 3.05) is 0 Å². The summed E-state index contributed by atoms with van der Waals surface area (Å²) in [5.41, 5.74) is -0.253. The monoisotopic (exact) mass is 252 g/mol. The fourth-order valence-electron chi connectivity index (χ4n) is 3.02. The maximum absolute atomic E-state index is 11.3. The molecule has 1 aliphatic rings. The number of esters is 1. The molecule has 0 heterocycles. The smallest absolute Gasteiger partial charge is 0.303 e. The van der Waals surface area contributed by atoms with Gasteiger partial charge in [0.15, 0.2) is 0 Å². The predicted molar refractivity (Wildman–Crippen MR) is 75.3 cm³/mol. The lowest BCUT2D eigenvalue weighted by Crippen LogP contribution is -2.43. The molecule has 18 heavy (non-hydrogen) atoms. The number of rotatable bonds is 5. The molecule has 0 saturated heterocycles. The molecule has 2 heteroatoms. The largest absolute Gasteiger partial charge is 0.459 e. The van der Waals surface area contributed by atoms with Gasteiger partial charge in [0.05, 0.1) is 0 Å². The molecule has 1 aliphatic carbocycles.